The summed E-state index contributed by atoms with van der Waals surface area (Å²) in [6.07, 6.45) is 1.29. The number of benzene rings is 1. The first-order valence-corrected chi connectivity index (χ1v) is 9.31. The van der Waals surface area contributed by atoms with E-state index in [9.17, 15) is 9.59 Å². The van der Waals surface area contributed by atoms with Crippen molar-refractivity contribution in [3.05, 3.63) is 61.9 Å². The SMILES string of the molecule is CCn1cc(C#N)c(=O)n(Cc2csc(-c3ccc(OC)c(OC)c3)n2)c1=O. The molecule has 0 saturated carbocycles. The van der Waals surface area contributed by atoms with E-state index in [1.165, 1.54) is 22.1 Å². The lowest BCUT2D eigenvalue weighted by molar-refractivity contribution is 0.355. The highest BCUT2D eigenvalue weighted by atomic mass is 32.1. The highest BCUT2D eigenvalue weighted by molar-refractivity contribution is 7.13. The van der Waals surface area contributed by atoms with Crippen molar-refractivity contribution >= 4 is 11.3 Å². The molecule has 0 aliphatic carbocycles. The zero-order valence-corrected chi connectivity index (χ0v) is 16.4. The first-order chi connectivity index (χ1) is 13.5. The number of aromatic nitrogens is 3. The lowest BCUT2D eigenvalue weighted by Gasteiger charge is -2.08. The first kappa shape index (κ1) is 19.4. The third kappa shape index (κ3) is 3.54. The van der Waals surface area contributed by atoms with E-state index in [-0.39, 0.29) is 12.1 Å². The largest absolute Gasteiger partial charge is 0.493 e. The smallest absolute Gasteiger partial charge is 0.331 e. The molecule has 0 fully saturated rings. The quantitative estimate of drug-likeness (QED) is 0.630. The van der Waals surface area contributed by atoms with Crippen LogP contribution in [0.3, 0.4) is 0 Å². The second-order valence-electron chi connectivity index (χ2n) is 5.83. The van der Waals surface area contributed by atoms with E-state index in [1.807, 2.05) is 18.2 Å². The van der Waals surface area contributed by atoms with Gasteiger partial charge in [-0.1, -0.05) is 0 Å². The maximum atomic E-state index is 12.5. The predicted molar refractivity (Wildman–Crippen MR) is 105 cm³/mol. The number of nitrogens with zero attached hydrogens (tertiary/aromatic N) is 4. The third-order valence-electron chi connectivity index (χ3n) is 4.20. The molecular weight excluding hydrogens is 380 g/mol. The van der Waals surface area contributed by atoms with E-state index < -0.39 is 11.2 Å². The Morgan fingerprint density at radius 2 is 1.96 bits per heavy atom. The number of thiazole rings is 1. The molecule has 2 heterocycles. The molecule has 28 heavy (non-hydrogen) atoms. The lowest BCUT2D eigenvalue weighted by atomic mass is 10.2. The summed E-state index contributed by atoms with van der Waals surface area (Å²) in [5, 5.41) is 11.7. The standard InChI is InChI=1S/C19H18N4O4S/c1-4-22-9-13(8-20)18(24)23(19(22)25)10-14-11-28-17(21-14)12-5-6-15(26-2)16(7-12)27-3/h5-7,9,11H,4,10H2,1-3H3. The van der Waals surface area contributed by atoms with Crippen molar-refractivity contribution in [2.45, 2.75) is 20.0 Å². The summed E-state index contributed by atoms with van der Waals surface area (Å²) in [6.45, 7) is 2.13. The highest BCUT2D eigenvalue weighted by Crippen LogP contribution is 2.33. The summed E-state index contributed by atoms with van der Waals surface area (Å²) in [5.41, 5.74) is 0.242. The molecule has 8 nitrogen and oxygen atoms in total. The number of methoxy groups -OCH3 is 2. The molecule has 0 aliphatic heterocycles. The fourth-order valence-corrected chi connectivity index (χ4v) is 3.55. The molecule has 144 valence electrons. The van der Waals surface area contributed by atoms with Crippen LogP contribution in [0.1, 0.15) is 18.2 Å². The summed E-state index contributed by atoms with van der Waals surface area (Å²) in [6, 6.07) is 7.30. The van der Waals surface area contributed by atoms with Crippen molar-refractivity contribution < 1.29 is 9.47 Å². The number of hydrogen-bond donors (Lipinski definition) is 0. The van der Waals surface area contributed by atoms with Gasteiger partial charge in [0.25, 0.3) is 5.56 Å². The number of nitriles is 1. The van der Waals surface area contributed by atoms with Gasteiger partial charge in [-0.15, -0.1) is 11.3 Å². The van der Waals surface area contributed by atoms with Crippen molar-refractivity contribution in [3.8, 4) is 28.1 Å². The molecular formula is C19H18N4O4S. The summed E-state index contributed by atoms with van der Waals surface area (Å²) >= 11 is 1.39. The Labute approximate surface area is 164 Å². The van der Waals surface area contributed by atoms with E-state index in [0.29, 0.717) is 23.7 Å². The summed E-state index contributed by atoms with van der Waals surface area (Å²) in [4.78, 5) is 29.4. The number of aryl methyl sites for hydroxylation is 1. The van der Waals surface area contributed by atoms with Crippen molar-refractivity contribution in [3.63, 3.8) is 0 Å². The minimum atomic E-state index is -0.613. The van der Waals surface area contributed by atoms with Crippen LogP contribution in [0, 0.1) is 11.3 Å². The number of rotatable bonds is 6. The van der Waals surface area contributed by atoms with Crippen molar-refractivity contribution in [2.24, 2.45) is 0 Å². The maximum absolute atomic E-state index is 12.5. The molecule has 0 saturated heterocycles. The Kier molecular flexibility index (Phi) is 5.61. The van der Waals surface area contributed by atoms with Gasteiger partial charge in [-0.2, -0.15) is 5.26 Å². The van der Waals surface area contributed by atoms with Crippen LogP contribution in [0.5, 0.6) is 11.5 Å². The van der Waals surface area contributed by atoms with Crippen LogP contribution < -0.4 is 20.7 Å². The van der Waals surface area contributed by atoms with Crippen LogP contribution in [0.4, 0.5) is 0 Å². The number of ether oxygens (including phenoxy) is 2. The molecule has 0 spiro atoms. The average molecular weight is 398 g/mol. The second kappa shape index (κ2) is 8.10. The zero-order chi connectivity index (χ0) is 20.3. The van der Waals surface area contributed by atoms with E-state index in [4.69, 9.17) is 14.7 Å². The van der Waals surface area contributed by atoms with Gasteiger partial charge in [-0.25, -0.2) is 9.78 Å². The predicted octanol–water partition coefficient (Wildman–Crippen LogP) is 2.09. The van der Waals surface area contributed by atoms with Crippen LogP contribution in [0.2, 0.25) is 0 Å². The van der Waals surface area contributed by atoms with Crippen LogP contribution in [-0.2, 0) is 13.1 Å². The van der Waals surface area contributed by atoms with Crippen molar-refractivity contribution in [1.82, 2.24) is 14.1 Å². The Bertz CT molecular complexity index is 1170. The van der Waals surface area contributed by atoms with E-state index in [2.05, 4.69) is 4.98 Å². The van der Waals surface area contributed by atoms with E-state index in [1.54, 1.807) is 32.6 Å². The third-order valence-corrected chi connectivity index (χ3v) is 5.14. The second-order valence-corrected chi connectivity index (χ2v) is 6.69. The molecule has 2 aromatic heterocycles. The van der Waals surface area contributed by atoms with Crippen molar-refractivity contribution in [2.75, 3.05) is 14.2 Å². The maximum Gasteiger partial charge on any atom is 0.331 e. The summed E-state index contributed by atoms with van der Waals surface area (Å²) in [7, 11) is 3.12. The Hall–Kier alpha value is -3.38. The van der Waals surface area contributed by atoms with Gasteiger partial charge in [0.15, 0.2) is 11.5 Å². The fourth-order valence-electron chi connectivity index (χ4n) is 2.74. The topological polar surface area (TPSA) is 99.1 Å². The van der Waals surface area contributed by atoms with Gasteiger partial charge in [0.1, 0.15) is 16.6 Å². The van der Waals surface area contributed by atoms with Gasteiger partial charge in [0, 0.05) is 23.7 Å². The fraction of sp³-hybridized carbons (Fsp3) is 0.263. The van der Waals surface area contributed by atoms with Crippen molar-refractivity contribution in [1.29, 1.82) is 5.26 Å². The van der Waals surface area contributed by atoms with Crippen LogP contribution in [-0.4, -0.2) is 28.3 Å². The van der Waals surface area contributed by atoms with Crippen LogP contribution in [0.15, 0.2) is 39.4 Å². The molecule has 0 radical (unpaired) electrons. The van der Waals surface area contributed by atoms with Gasteiger partial charge in [-0.05, 0) is 25.1 Å². The van der Waals surface area contributed by atoms with E-state index >= 15 is 0 Å². The molecule has 0 bridgehead atoms. The zero-order valence-electron chi connectivity index (χ0n) is 15.6. The molecule has 1 aromatic carbocycles. The van der Waals surface area contributed by atoms with Gasteiger partial charge in [0.05, 0.1) is 26.5 Å². The Morgan fingerprint density at radius 3 is 2.61 bits per heavy atom. The Balaban J connectivity index is 1.98. The molecule has 0 unspecified atom stereocenters. The number of hydrogen-bond acceptors (Lipinski definition) is 7. The normalized spacial score (nSPS) is 10.5. The molecule has 3 aromatic rings. The van der Waals surface area contributed by atoms with Crippen LogP contribution in [0.25, 0.3) is 10.6 Å². The lowest BCUT2D eigenvalue weighted by Crippen LogP contribution is -2.41. The average Bonchev–Trinajstić information content (AvgIpc) is 3.19. The molecule has 0 atom stereocenters. The van der Waals surface area contributed by atoms with Gasteiger partial charge < -0.3 is 9.47 Å². The summed E-state index contributed by atoms with van der Waals surface area (Å²) in [5.74, 6) is 1.20. The highest BCUT2D eigenvalue weighted by Gasteiger charge is 2.14. The molecule has 3 rings (SSSR count). The first-order valence-electron chi connectivity index (χ1n) is 8.43. The van der Waals surface area contributed by atoms with Gasteiger partial charge in [0.2, 0.25) is 0 Å². The molecule has 9 heteroatoms. The van der Waals surface area contributed by atoms with Gasteiger partial charge in [-0.3, -0.25) is 13.9 Å². The molecule has 0 aliphatic rings. The minimum Gasteiger partial charge on any atom is -0.493 e. The van der Waals surface area contributed by atoms with Gasteiger partial charge >= 0.3 is 5.69 Å². The molecule has 0 amide bonds. The van der Waals surface area contributed by atoms with E-state index in [0.717, 1.165) is 15.1 Å². The molecule has 0 N–H and O–H groups in total. The monoisotopic (exact) mass is 398 g/mol. The van der Waals surface area contributed by atoms with Crippen LogP contribution >= 0.6 is 11.3 Å². The summed E-state index contributed by atoms with van der Waals surface area (Å²) < 4.78 is 12.9. The minimum absolute atomic E-state index is 0.00300. The Morgan fingerprint density at radius 1 is 1.21 bits per heavy atom.